The molecule has 0 saturated carbocycles. The molecule has 3 N–H and O–H groups in total. The fourth-order valence-corrected chi connectivity index (χ4v) is 2.76. The van der Waals surface area contributed by atoms with Crippen LogP contribution in [0, 0.1) is 0 Å². The summed E-state index contributed by atoms with van der Waals surface area (Å²) in [4.78, 5) is 14.1. The third kappa shape index (κ3) is 5.77. The number of primary amides is 1. The fourth-order valence-electron chi connectivity index (χ4n) is 2.76. The van der Waals surface area contributed by atoms with Crippen molar-refractivity contribution in [1.82, 2.24) is 10.2 Å². The Morgan fingerprint density at radius 1 is 1.35 bits per heavy atom. The van der Waals surface area contributed by atoms with Crippen molar-refractivity contribution < 1.29 is 9.53 Å². The molecule has 5 heteroatoms. The van der Waals surface area contributed by atoms with Crippen molar-refractivity contribution in [1.29, 1.82) is 0 Å². The summed E-state index contributed by atoms with van der Waals surface area (Å²) in [5.41, 5.74) is 4.93. The van der Waals surface area contributed by atoms with E-state index < -0.39 is 5.54 Å². The number of likely N-dealkylation sites (N-methyl/N-ethyl adjacent to an activating group) is 1. The molecule has 0 saturated heterocycles. The molecule has 3 atom stereocenters. The van der Waals surface area contributed by atoms with Crippen LogP contribution in [-0.2, 0) is 9.53 Å². The van der Waals surface area contributed by atoms with E-state index in [9.17, 15) is 4.79 Å². The molecule has 120 valence electrons. The van der Waals surface area contributed by atoms with Gasteiger partial charge in [-0.1, -0.05) is 13.8 Å². The average Bonchev–Trinajstić information content (AvgIpc) is 2.37. The molecule has 0 aromatic heterocycles. The zero-order valence-corrected chi connectivity index (χ0v) is 14.0. The van der Waals surface area contributed by atoms with Crippen LogP contribution < -0.4 is 11.1 Å². The molecule has 1 amide bonds. The Morgan fingerprint density at radius 2 is 1.95 bits per heavy atom. The zero-order chi connectivity index (χ0) is 15.8. The number of methoxy groups -OCH3 is 1. The Bertz CT molecular complexity index is 286. The van der Waals surface area contributed by atoms with Gasteiger partial charge in [-0.2, -0.15) is 0 Å². The topological polar surface area (TPSA) is 67.6 Å². The lowest BCUT2D eigenvalue weighted by Crippen LogP contribution is -2.57. The van der Waals surface area contributed by atoms with Gasteiger partial charge in [0.15, 0.2) is 0 Å². The minimum atomic E-state index is -0.657. The number of nitrogens with two attached hydrogens (primary N) is 1. The molecule has 0 radical (unpaired) electrons. The van der Waals surface area contributed by atoms with Crippen LogP contribution >= 0.6 is 0 Å². The normalized spacial score (nSPS) is 17.8. The molecule has 0 aliphatic heterocycles. The summed E-state index contributed by atoms with van der Waals surface area (Å²) >= 11 is 0. The van der Waals surface area contributed by atoms with Gasteiger partial charge in [0, 0.05) is 19.2 Å². The predicted octanol–water partition coefficient (Wildman–Crippen LogP) is 1.37. The van der Waals surface area contributed by atoms with Gasteiger partial charge in [-0.3, -0.25) is 9.69 Å². The number of carbonyl (C=O) groups is 1. The molecular formula is C15H33N3O2. The summed E-state index contributed by atoms with van der Waals surface area (Å²) in [7, 11) is 1.71. The molecule has 0 rings (SSSR count). The van der Waals surface area contributed by atoms with E-state index in [4.69, 9.17) is 10.5 Å². The number of rotatable bonds is 11. The van der Waals surface area contributed by atoms with Gasteiger partial charge in [0.1, 0.15) is 0 Å². The van der Waals surface area contributed by atoms with Crippen molar-refractivity contribution in [2.75, 3.05) is 26.8 Å². The second-order valence-electron chi connectivity index (χ2n) is 5.81. The minimum Gasteiger partial charge on any atom is -0.383 e. The highest BCUT2D eigenvalue weighted by atomic mass is 16.5. The number of amides is 1. The van der Waals surface area contributed by atoms with Crippen LogP contribution in [0.3, 0.4) is 0 Å². The van der Waals surface area contributed by atoms with Crippen molar-refractivity contribution >= 4 is 5.91 Å². The maximum absolute atomic E-state index is 11.8. The monoisotopic (exact) mass is 287 g/mol. The van der Waals surface area contributed by atoms with Crippen LogP contribution in [0.25, 0.3) is 0 Å². The van der Waals surface area contributed by atoms with Crippen LogP contribution in [0.2, 0.25) is 0 Å². The first kappa shape index (κ1) is 19.4. The van der Waals surface area contributed by atoms with Crippen LogP contribution in [0.5, 0.6) is 0 Å². The SMILES string of the molecule is CCCNC(C)(CC(C)N(CC)C(C)COC)C(N)=O. The van der Waals surface area contributed by atoms with Gasteiger partial charge in [0.2, 0.25) is 5.91 Å². The lowest BCUT2D eigenvalue weighted by atomic mass is 9.91. The summed E-state index contributed by atoms with van der Waals surface area (Å²) in [6.07, 6.45) is 1.68. The van der Waals surface area contributed by atoms with Crippen LogP contribution in [-0.4, -0.2) is 55.2 Å². The van der Waals surface area contributed by atoms with Gasteiger partial charge in [-0.25, -0.2) is 0 Å². The van der Waals surface area contributed by atoms with Crippen molar-refractivity contribution in [3.63, 3.8) is 0 Å². The third-order valence-corrected chi connectivity index (χ3v) is 3.92. The fraction of sp³-hybridized carbons (Fsp3) is 0.933. The summed E-state index contributed by atoms with van der Waals surface area (Å²) in [5, 5.41) is 3.29. The first-order valence-corrected chi connectivity index (χ1v) is 7.61. The summed E-state index contributed by atoms with van der Waals surface area (Å²) in [5.74, 6) is -0.284. The molecule has 0 aliphatic carbocycles. The average molecular weight is 287 g/mol. The van der Waals surface area contributed by atoms with Crippen LogP contribution in [0.1, 0.15) is 47.5 Å². The maximum atomic E-state index is 11.8. The van der Waals surface area contributed by atoms with Gasteiger partial charge in [0.25, 0.3) is 0 Å². The number of hydrogen-bond acceptors (Lipinski definition) is 4. The summed E-state index contributed by atoms with van der Waals surface area (Å²) in [6, 6.07) is 0.579. The number of nitrogens with one attached hydrogen (secondary N) is 1. The van der Waals surface area contributed by atoms with E-state index in [1.807, 2.05) is 6.92 Å². The molecule has 0 spiro atoms. The van der Waals surface area contributed by atoms with Crippen LogP contribution in [0.15, 0.2) is 0 Å². The zero-order valence-electron chi connectivity index (χ0n) is 14.0. The largest absolute Gasteiger partial charge is 0.383 e. The van der Waals surface area contributed by atoms with Gasteiger partial charge in [0.05, 0.1) is 12.1 Å². The summed E-state index contributed by atoms with van der Waals surface area (Å²) in [6.45, 7) is 12.8. The molecule has 0 fully saturated rings. The Hall–Kier alpha value is -0.650. The van der Waals surface area contributed by atoms with E-state index in [1.165, 1.54) is 0 Å². The van der Waals surface area contributed by atoms with Crippen molar-refractivity contribution in [2.24, 2.45) is 5.73 Å². The Labute approximate surface area is 124 Å². The first-order valence-electron chi connectivity index (χ1n) is 7.61. The van der Waals surface area contributed by atoms with E-state index in [-0.39, 0.29) is 11.9 Å². The van der Waals surface area contributed by atoms with Gasteiger partial charge >= 0.3 is 0 Å². The highest BCUT2D eigenvalue weighted by Crippen LogP contribution is 2.18. The van der Waals surface area contributed by atoms with E-state index in [0.717, 1.165) is 19.5 Å². The molecule has 0 heterocycles. The van der Waals surface area contributed by atoms with E-state index in [2.05, 4.69) is 37.9 Å². The summed E-state index contributed by atoms with van der Waals surface area (Å²) < 4.78 is 5.23. The molecule has 3 unspecified atom stereocenters. The first-order chi connectivity index (χ1) is 9.32. The van der Waals surface area contributed by atoms with E-state index >= 15 is 0 Å². The molecule has 5 nitrogen and oxygen atoms in total. The highest BCUT2D eigenvalue weighted by molar-refractivity contribution is 5.84. The Balaban J connectivity index is 4.79. The van der Waals surface area contributed by atoms with Crippen molar-refractivity contribution in [2.45, 2.75) is 65.1 Å². The lowest BCUT2D eigenvalue weighted by Gasteiger charge is -2.38. The number of carbonyl (C=O) groups excluding carboxylic acids is 1. The van der Waals surface area contributed by atoms with Gasteiger partial charge < -0.3 is 15.8 Å². The molecule has 0 aromatic rings. The number of ether oxygens (including phenoxy) is 1. The second kappa shape index (κ2) is 9.32. The quantitative estimate of drug-likeness (QED) is 0.602. The predicted molar refractivity (Wildman–Crippen MR) is 83.7 cm³/mol. The van der Waals surface area contributed by atoms with Crippen molar-refractivity contribution in [3.8, 4) is 0 Å². The smallest absolute Gasteiger partial charge is 0.237 e. The number of hydrogen-bond donors (Lipinski definition) is 2. The lowest BCUT2D eigenvalue weighted by molar-refractivity contribution is -0.124. The van der Waals surface area contributed by atoms with E-state index in [1.54, 1.807) is 7.11 Å². The van der Waals surface area contributed by atoms with Crippen LogP contribution in [0.4, 0.5) is 0 Å². The molecule has 0 bridgehead atoms. The third-order valence-electron chi connectivity index (χ3n) is 3.92. The van der Waals surface area contributed by atoms with Gasteiger partial charge in [-0.15, -0.1) is 0 Å². The molecule has 0 aliphatic rings. The van der Waals surface area contributed by atoms with E-state index in [0.29, 0.717) is 19.1 Å². The minimum absolute atomic E-state index is 0.256. The maximum Gasteiger partial charge on any atom is 0.237 e. The molecular weight excluding hydrogens is 254 g/mol. The Kier molecular flexibility index (Phi) is 9.01. The second-order valence-corrected chi connectivity index (χ2v) is 5.81. The van der Waals surface area contributed by atoms with Crippen molar-refractivity contribution in [3.05, 3.63) is 0 Å². The number of nitrogens with zero attached hydrogens (tertiary/aromatic N) is 1. The highest BCUT2D eigenvalue weighted by Gasteiger charge is 2.34. The standard InChI is InChI=1S/C15H33N3O2/c1-7-9-17-15(5,14(16)19)10-12(3)18(8-2)13(4)11-20-6/h12-13,17H,7-11H2,1-6H3,(H2,16,19). The molecule has 0 aromatic carbocycles. The van der Waals surface area contributed by atoms with Gasteiger partial charge in [-0.05, 0) is 46.7 Å². The molecule has 20 heavy (non-hydrogen) atoms. The Morgan fingerprint density at radius 3 is 2.35 bits per heavy atom.